The number of carbonyl (C=O) groups excluding carboxylic acids is 3. The molecular weight excluding hydrogens is 909 g/mol. The molecule has 68 heavy (non-hydrogen) atoms. The van der Waals surface area contributed by atoms with E-state index in [2.05, 4.69) is 101 Å². The molecular formula is C53H98N2O10Si3. The molecule has 15 heteroatoms. The Morgan fingerprint density at radius 1 is 0.897 bits per heavy atom. The Morgan fingerprint density at radius 3 is 2.00 bits per heavy atom. The van der Waals surface area contributed by atoms with E-state index < -0.39 is 66.5 Å². The Morgan fingerprint density at radius 2 is 1.47 bits per heavy atom. The van der Waals surface area contributed by atoms with Crippen LogP contribution < -0.4 is 5.32 Å². The summed E-state index contributed by atoms with van der Waals surface area (Å²) in [6, 6.07) is 9.21. The normalized spacial score (nSPS) is 28.1. The summed E-state index contributed by atoms with van der Waals surface area (Å²) >= 11 is 0. The lowest BCUT2D eigenvalue weighted by Gasteiger charge is -2.40. The third-order valence-corrected chi connectivity index (χ3v) is 30.5. The fourth-order valence-electron chi connectivity index (χ4n) is 10.7. The predicted octanol–water partition coefficient (Wildman–Crippen LogP) is 12.3. The summed E-state index contributed by atoms with van der Waals surface area (Å²) in [5, 5.41) is 3.29. The van der Waals surface area contributed by atoms with E-state index in [0.717, 1.165) is 72.8 Å². The number of hydrogen-bond acceptors (Lipinski definition) is 11. The first-order chi connectivity index (χ1) is 32.2. The molecule has 0 unspecified atom stereocenters. The van der Waals surface area contributed by atoms with Gasteiger partial charge in [-0.15, -0.1) is 0 Å². The molecule has 12 nitrogen and oxygen atoms in total. The highest BCUT2D eigenvalue weighted by Crippen LogP contribution is 2.43. The van der Waals surface area contributed by atoms with Crippen molar-refractivity contribution >= 4 is 43.0 Å². The first-order valence-corrected chi connectivity index (χ1v) is 34.6. The Labute approximate surface area is 417 Å². The molecule has 392 valence electrons. The van der Waals surface area contributed by atoms with Crippen molar-refractivity contribution in [1.82, 2.24) is 10.2 Å². The van der Waals surface area contributed by atoms with Gasteiger partial charge >= 0.3 is 18.0 Å². The minimum Gasteiger partial charge on any atom is -0.457 e. The van der Waals surface area contributed by atoms with Gasteiger partial charge in [-0.3, -0.25) is 9.59 Å². The largest absolute Gasteiger partial charge is 0.457 e. The van der Waals surface area contributed by atoms with E-state index >= 15 is 0 Å². The Balaban J connectivity index is 2.05. The third-order valence-electron chi connectivity index (χ3n) is 16.3. The summed E-state index contributed by atoms with van der Waals surface area (Å²) in [5.74, 6) is -0.877. The van der Waals surface area contributed by atoms with Crippen molar-refractivity contribution in [1.29, 1.82) is 0 Å². The van der Waals surface area contributed by atoms with Crippen molar-refractivity contribution in [3.05, 3.63) is 36.0 Å². The van der Waals surface area contributed by atoms with E-state index in [1.165, 1.54) is 6.92 Å². The van der Waals surface area contributed by atoms with Crippen molar-refractivity contribution in [2.45, 2.75) is 245 Å². The van der Waals surface area contributed by atoms with Crippen LogP contribution in [0.2, 0.25) is 54.4 Å². The maximum atomic E-state index is 14.2. The van der Waals surface area contributed by atoms with Crippen LogP contribution in [0.25, 0.3) is 0 Å². The van der Waals surface area contributed by atoms with Gasteiger partial charge in [-0.25, -0.2) is 4.79 Å². The molecule has 0 spiro atoms. The van der Waals surface area contributed by atoms with Crippen LogP contribution in [0.1, 0.15) is 143 Å². The van der Waals surface area contributed by atoms with Gasteiger partial charge in [0, 0.05) is 57.5 Å². The van der Waals surface area contributed by atoms with Gasteiger partial charge in [0.2, 0.25) is 0 Å². The fraction of sp³-hybridized carbons (Fsp3) is 0.830. The zero-order chi connectivity index (χ0) is 50.9. The Bertz CT molecular complexity index is 1640. The van der Waals surface area contributed by atoms with Gasteiger partial charge in [0.25, 0.3) is 0 Å². The van der Waals surface area contributed by atoms with Crippen molar-refractivity contribution < 1.29 is 46.6 Å². The van der Waals surface area contributed by atoms with Crippen LogP contribution in [0.15, 0.2) is 36.0 Å². The molecule has 3 rings (SSSR count). The van der Waals surface area contributed by atoms with E-state index in [1.54, 1.807) is 4.90 Å². The number of cyclic esters (lactones) is 1. The highest BCUT2D eigenvalue weighted by atomic mass is 28.4. The standard InChI is InChI=1S/C53H98N2O10Si3/c1-17-45(64-67(21-5,22-6)23-7)42(13)50-46(60-50)39-52(15,65-68(24-8,25-9)26-10)32-27-28-40(11)49-41(12)29-30-47(59-43(14)56)53(16,62-51(58)55-36-34-54-35-37-55)33-31-44(38-48(57)61-49)63-66(18-2,19-3)20-4/h27-30,32,41-42,44-47,49-50,54H,17-26,31,33-39H2,1-16H3/b30-29-,32-27+,40-28+/t41-,42+,44+,45-,46+,47-,49+,50+,52-,53+/m0/s1. The quantitative estimate of drug-likeness (QED) is 0.0234. The molecule has 2 fully saturated rings. The smallest absolute Gasteiger partial charge is 0.410 e. The number of esters is 2. The molecule has 10 atom stereocenters. The summed E-state index contributed by atoms with van der Waals surface area (Å²) in [5.41, 5.74) is -0.971. The number of epoxide rings is 1. The zero-order valence-electron chi connectivity index (χ0n) is 45.8. The van der Waals surface area contributed by atoms with Crippen LogP contribution in [-0.2, 0) is 41.8 Å². The van der Waals surface area contributed by atoms with Crippen molar-refractivity contribution in [2.75, 3.05) is 26.2 Å². The van der Waals surface area contributed by atoms with E-state index in [9.17, 15) is 14.4 Å². The topological polar surface area (TPSA) is 134 Å². The van der Waals surface area contributed by atoms with Gasteiger partial charge in [-0.2, -0.15) is 0 Å². The fourth-order valence-corrected chi connectivity index (χ4v) is 19.7. The molecule has 0 aromatic carbocycles. The van der Waals surface area contributed by atoms with Crippen LogP contribution in [0, 0.1) is 11.8 Å². The molecule has 2 saturated heterocycles. The lowest BCUT2D eigenvalue weighted by Crippen LogP contribution is -2.52. The monoisotopic (exact) mass is 1010 g/mol. The number of hydrogen-bond donors (Lipinski definition) is 1. The first kappa shape index (κ1) is 60.2. The summed E-state index contributed by atoms with van der Waals surface area (Å²) in [6.45, 7) is 36.5. The molecule has 3 aliphatic heterocycles. The lowest BCUT2D eigenvalue weighted by molar-refractivity contribution is -0.158. The average molecular weight is 1010 g/mol. The zero-order valence-corrected chi connectivity index (χ0v) is 48.8. The summed E-state index contributed by atoms with van der Waals surface area (Å²) in [7, 11) is -6.05. The van der Waals surface area contributed by atoms with E-state index in [0.29, 0.717) is 39.0 Å². The van der Waals surface area contributed by atoms with Crippen molar-refractivity contribution in [3.63, 3.8) is 0 Å². The van der Waals surface area contributed by atoms with Crippen LogP contribution in [0.3, 0.4) is 0 Å². The molecule has 1 N–H and O–H groups in total. The number of nitrogens with zero attached hydrogens (tertiary/aromatic N) is 1. The number of ether oxygens (including phenoxy) is 4. The van der Waals surface area contributed by atoms with Crippen molar-refractivity contribution in [3.8, 4) is 0 Å². The Hall–Kier alpha value is -2.12. The van der Waals surface area contributed by atoms with E-state index in [1.807, 2.05) is 39.0 Å². The maximum absolute atomic E-state index is 14.2. The molecule has 1 amide bonds. The minimum absolute atomic E-state index is 0.0535. The molecule has 3 heterocycles. The SMILES string of the molecule is CC[C@H](O[Si](CC)(CC)CC)[C@@H](C)[C@H]1O[C@@H]1C[C@](C)(/C=C/C=C(\C)[C@H]1OC(=O)C[C@H](O[Si](CC)(CC)CC)CC[C@@](C)(OC(=O)N2CCNCC2)[C@@H](OC(C)=O)/C=C\[C@@H]1C)O[Si](CC)(CC)CC. The summed E-state index contributed by atoms with van der Waals surface area (Å²) < 4.78 is 46.9. The van der Waals surface area contributed by atoms with Crippen LogP contribution >= 0.6 is 0 Å². The second kappa shape index (κ2) is 27.6. The van der Waals surface area contributed by atoms with Gasteiger partial charge in [-0.05, 0) is 106 Å². The Kier molecular flexibility index (Phi) is 24.5. The molecule has 0 aromatic heterocycles. The molecule has 0 aliphatic carbocycles. The molecule has 0 aromatic rings. The lowest BCUT2D eigenvalue weighted by atomic mass is 9.88. The van der Waals surface area contributed by atoms with Gasteiger partial charge in [0.15, 0.2) is 36.7 Å². The van der Waals surface area contributed by atoms with Crippen LogP contribution in [0.4, 0.5) is 4.79 Å². The van der Waals surface area contributed by atoms with E-state index in [4.69, 9.17) is 32.2 Å². The van der Waals surface area contributed by atoms with Gasteiger partial charge < -0.3 is 42.4 Å². The average Bonchev–Trinajstić information content (AvgIpc) is 4.10. The number of piperazine rings is 1. The molecule has 0 saturated carbocycles. The first-order valence-electron chi connectivity index (χ1n) is 27.0. The highest BCUT2D eigenvalue weighted by Gasteiger charge is 2.51. The molecule has 0 bridgehead atoms. The maximum Gasteiger partial charge on any atom is 0.410 e. The summed E-state index contributed by atoms with van der Waals surface area (Å²) in [6.07, 6.45) is 10.4. The molecule has 0 radical (unpaired) electrons. The van der Waals surface area contributed by atoms with Crippen LogP contribution in [0.5, 0.6) is 0 Å². The number of carbonyl (C=O) groups is 3. The number of amides is 1. The van der Waals surface area contributed by atoms with E-state index in [-0.39, 0.29) is 42.5 Å². The van der Waals surface area contributed by atoms with Crippen molar-refractivity contribution in [2.24, 2.45) is 11.8 Å². The summed E-state index contributed by atoms with van der Waals surface area (Å²) in [4.78, 5) is 42.5. The van der Waals surface area contributed by atoms with Gasteiger partial charge in [0.1, 0.15) is 6.10 Å². The minimum atomic E-state index is -2.20. The third kappa shape index (κ3) is 16.7. The highest BCUT2D eigenvalue weighted by molar-refractivity contribution is 6.74. The van der Waals surface area contributed by atoms with Crippen LogP contribution in [-0.4, -0.2) is 122 Å². The predicted molar refractivity (Wildman–Crippen MR) is 283 cm³/mol. The molecule has 3 aliphatic rings. The van der Waals surface area contributed by atoms with Gasteiger partial charge in [0.05, 0.1) is 30.3 Å². The second-order valence-corrected chi connectivity index (χ2v) is 34.9. The number of allylic oxidation sites excluding steroid dienone is 2. The number of rotatable bonds is 25. The van der Waals surface area contributed by atoms with Gasteiger partial charge in [-0.1, -0.05) is 107 Å². The number of nitrogens with one attached hydrogen (secondary N) is 1. The second-order valence-electron chi connectivity index (χ2n) is 20.8.